The smallest absolute Gasteiger partial charge is 0.101 e. The summed E-state index contributed by atoms with van der Waals surface area (Å²) in [5.74, 6) is 0. The monoisotopic (exact) mass is 301 g/mol. The van der Waals surface area contributed by atoms with Crippen molar-refractivity contribution < 1.29 is 9.47 Å². The minimum absolute atomic E-state index is 0.0805. The molecule has 1 saturated heterocycles. The molecule has 0 amide bonds. The second-order valence-corrected chi connectivity index (χ2v) is 5.83. The molecule has 2 heterocycles. The summed E-state index contributed by atoms with van der Waals surface area (Å²) in [6.07, 6.45) is -0.0805. The van der Waals surface area contributed by atoms with Crippen molar-refractivity contribution in [3.05, 3.63) is 48.0 Å². The number of ether oxygens (including phenoxy) is 2. The van der Waals surface area contributed by atoms with Crippen molar-refractivity contribution in [2.75, 3.05) is 19.8 Å². The summed E-state index contributed by atoms with van der Waals surface area (Å²) in [6, 6.07) is 14.6. The van der Waals surface area contributed by atoms with Crippen LogP contribution in [0.4, 0.5) is 0 Å². The van der Waals surface area contributed by atoms with Gasteiger partial charge in [-0.15, -0.1) is 11.6 Å². The third kappa shape index (κ3) is 2.31. The van der Waals surface area contributed by atoms with Gasteiger partial charge in [0.25, 0.3) is 0 Å². The fourth-order valence-electron chi connectivity index (χ4n) is 2.93. The molecule has 2 unspecified atom stereocenters. The van der Waals surface area contributed by atoms with Crippen LogP contribution >= 0.6 is 11.6 Å². The molecule has 0 aliphatic carbocycles. The Morgan fingerprint density at radius 1 is 1.05 bits per heavy atom. The largest absolute Gasteiger partial charge is 0.376 e. The molecule has 1 aromatic heterocycles. The summed E-state index contributed by atoms with van der Waals surface area (Å²) >= 11 is 6.59. The van der Waals surface area contributed by atoms with E-state index >= 15 is 0 Å². The lowest BCUT2D eigenvalue weighted by Crippen LogP contribution is -2.31. The van der Waals surface area contributed by atoms with E-state index in [0.717, 1.165) is 16.6 Å². The van der Waals surface area contributed by atoms with Crippen molar-refractivity contribution in [2.24, 2.45) is 0 Å². The number of para-hydroxylation sites is 1. The van der Waals surface area contributed by atoms with Gasteiger partial charge >= 0.3 is 0 Å². The van der Waals surface area contributed by atoms with Gasteiger partial charge in [-0.2, -0.15) is 0 Å². The van der Waals surface area contributed by atoms with Gasteiger partial charge in [-0.05, 0) is 23.8 Å². The van der Waals surface area contributed by atoms with E-state index in [-0.39, 0.29) is 11.5 Å². The molecule has 0 spiro atoms. The zero-order valence-corrected chi connectivity index (χ0v) is 12.3. The Kier molecular flexibility index (Phi) is 3.34. The van der Waals surface area contributed by atoms with Crippen molar-refractivity contribution in [2.45, 2.75) is 11.5 Å². The molecule has 3 aromatic rings. The van der Waals surface area contributed by atoms with E-state index in [9.17, 15) is 0 Å². The number of aromatic amines is 1. The number of benzene rings is 2. The van der Waals surface area contributed by atoms with Crippen LogP contribution in [0.1, 0.15) is 10.9 Å². The van der Waals surface area contributed by atoms with Gasteiger partial charge in [0, 0.05) is 21.8 Å². The predicted molar refractivity (Wildman–Crippen MR) is 85.0 cm³/mol. The van der Waals surface area contributed by atoms with E-state index in [1.165, 1.54) is 10.8 Å². The average molecular weight is 302 g/mol. The molecule has 3 nitrogen and oxygen atoms in total. The fourth-order valence-corrected chi connectivity index (χ4v) is 3.21. The van der Waals surface area contributed by atoms with Gasteiger partial charge in [0.1, 0.15) is 6.10 Å². The van der Waals surface area contributed by atoms with Crippen LogP contribution in [-0.2, 0) is 9.47 Å². The first-order chi connectivity index (χ1) is 10.3. The second-order valence-electron chi connectivity index (χ2n) is 5.36. The Balaban J connectivity index is 1.76. The average Bonchev–Trinajstić information content (AvgIpc) is 2.93. The Morgan fingerprint density at radius 3 is 2.76 bits per heavy atom. The summed E-state index contributed by atoms with van der Waals surface area (Å²) in [7, 11) is 0. The van der Waals surface area contributed by atoms with Gasteiger partial charge in [-0.3, -0.25) is 0 Å². The maximum absolute atomic E-state index is 6.59. The molecule has 2 aromatic carbocycles. The van der Waals surface area contributed by atoms with E-state index in [4.69, 9.17) is 21.1 Å². The standard InChI is InChI=1S/C17H16ClNO2/c18-17(16-10-20-7-8-21-16)11-5-6-15-13(9-11)12-3-1-2-4-14(12)19-15/h1-6,9,16-17,19H,7-8,10H2. The van der Waals surface area contributed by atoms with E-state index in [1.54, 1.807) is 0 Å². The van der Waals surface area contributed by atoms with E-state index in [2.05, 4.69) is 41.4 Å². The summed E-state index contributed by atoms with van der Waals surface area (Å²) in [5.41, 5.74) is 3.35. The van der Waals surface area contributed by atoms with Gasteiger partial charge in [-0.1, -0.05) is 24.3 Å². The van der Waals surface area contributed by atoms with Crippen LogP contribution in [0.3, 0.4) is 0 Å². The van der Waals surface area contributed by atoms with Crippen molar-refractivity contribution in [1.82, 2.24) is 4.98 Å². The molecule has 0 radical (unpaired) electrons. The number of H-pyrrole nitrogens is 1. The zero-order valence-electron chi connectivity index (χ0n) is 11.5. The van der Waals surface area contributed by atoms with Crippen LogP contribution in [-0.4, -0.2) is 30.9 Å². The molecule has 1 aliphatic rings. The minimum Gasteiger partial charge on any atom is -0.376 e. The Labute approximate surface area is 127 Å². The van der Waals surface area contributed by atoms with Crippen molar-refractivity contribution in [3.63, 3.8) is 0 Å². The lowest BCUT2D eigenvalue weighted by atomic mass is 10.0. The second kappa shape index (κ2) is 5.34. The number of nitrogens with one attached hydrogen (secondary N) is 1. The molecule has 21 heavy (non-hydrogen) atoms. The number of hydrogen-bond acceptors (Lipinski definition) is 2. The third-order valence-electron chi connectivity index (χ3n) is 4.02. The van der Waals surface area contributed by atoms with Crippen LogP contribution in [0.2, 0.25) is 0 Å². The van der Waals surface area contributed by atoms with Crippen LogP contribution in [0, 0.1) is 0 Å². The highest BCUT2D eigenvalue weighted by atomic mass is 35.5. The van der Waals surface area contributed by atoms with E-state index in [1.807, 2.05) is 6.07 Å². The molecule has 1 N–H and O–H groups in total. The van der Waals surface area contributed by atoms with Gasteiger partial charge in [0.15, 0.2) is 0 Å². The summed E-state index contributed by atoms with van der Waals surface area (Å²) in [4.78, 5) is 3.42. The maximum Gasteiger partial charge on any atom is 0.101 e. The van der Waals surface area contributed by atoms with Crippen LogP contribution in [0.25, 0.3) is 21.8 Å². The van der Waals surface area contributed by atoms with Crippen LogP contribution in [0.15, 0.2) is 42.5 Å². The van der Waals surface area contributed by atoms with Gasteiger partial charge in [0.05, 0.1) is 25.2 Å². The quantitative estimate of drug-likeness (QED) is 0.726. The SMILES string of the molecule is ClC(c1ccc2[nH]c3ccccc3c2c1)C1COCCO1. The summed E-state index contributed by atoms with van der Waals surface area (Å²) in [5, 5.41) is 2.23. The first kappa shape index (κ1) is 13.1. The first-order valence-corrected chi connectivity index (χ1v) is 7.60. The van der Waals surface area contributed by atoms with Gasteiger partial charge in [-0.25, -0.2) is 0 Å². The molecule has 1 fully saturated rings. The molecule has 4 rings (SSSR count). The van der Waals surface area contributed by atoms with Crippen molar-refractivity contribution in [3.8, 4) is 0 Å². The Morgan fingerprint density at radius 2 is 1.90 bits per heavy atom. The molecular weight excluding hydrogens is 286 g/mol. The molecule has 4 heteroatoms. The zero-order chi connectivity index (χ0) is 14.2. The number of alkyl halides is 1. The third-order valence-corrected chi connectivity index (χ3v) is 4.55. The minimum atomic E-state index is -0.191. The lowest BCUT2D eigenvalue weighted by Gasteiger charge is -2.27. The normalized spacial score (nSPS) is 20.9. The summed E-state index contributed by atoms with van der Waals surface area (Å²) < 4.78 is 11.2. The van der Waals surface area contributed by atoms with E-state index in [0.29, 0.717) is 19.8 Å². The maximum atomic E-state index is 6.59. The van der Waals surface area contributed by atoms with E-state index < -0.39 is 0 Å². The highest BCUT2D eigenvalue weighted by Gasteiger charge is 2.25. The highest BCUT2D eigenvalue weighted by Crippen LogP contribution is 2.32. The molecular formula is C17H16ClNO2. The fraction of sp³-hybridized carbons (Fsp3) is 0.294. The molecule has 1 aliphatic heterocycles. The lowest BCUT2D eigenvalue weighted by molar-refractivity contribution is -0.0892. The molecule has 108 valence electrons. The first-order valence-electron chi connectivity index (χ1n) is 7.17. The van der Waals surface area contributed by atoms with Crippen molar-refractivity contribution in [1.29, 1.82) is 0 Å². The topological polar surface area (TPSA) is 34.2 Å². The summed E-state index contributed by atoms with van der Waals surface area (Å²) in [6.45, 7) is 1.82. The molecule has 0 saturated carbocycles. The van der Waals surface area contributed by atoms with Gasteiger partial charge in [0.2, 0.25) is 0 Å². The number of rotatable bonds is 2. The number of halogens is 1. The van der Waals surface area contributed by atoms with Gasteiger partial charge < -0.3 is 14.5 Å². The molecule has 2 atom stereocenters. The number of aromatic nitrogens is 1. The van der Waals surface area contributed by atoms with Crippen molar-refractivity contribution >= 4 is 33.4 Å². The van der Waals surface area contributed by atoms with Crippen LogP contribution in [0.5, 0.6) is 0 Å². The molecule has 0 bridgehead atoms. The number of fused-ring (bicyclic) bond motifs is 3. The Bertz CT molecular complexity index is 777. The highest BCUT2D eigenvalue weighted by molar-refractivity contribution is 6.21. The van der Waals surface area contributed by atoms with Crippen LogP contribution < -0.4 is 0 Å². The number of hydrogen-bond donors (Lipinski definition) is 1. The Hall–Kier alpha value is -1.55. The predicted octanol–water partition coefficient (Wildman–Crippen LogP) is 4.02.